The van der Waals surface area contributed by atoms with E-state index in [2.05, 4.69) is 32.4 Å². The molecule has 0 N–H and O–H groups in total. The van der Waals surface area contributed by atoms with Crippen LogP contribution in [0.25, 0.3) is 10.9 Å². The Morgan fingerprint density at radius 3 is 2.84 bits per heavy atom. The van der Waals surface area contributed by atoms with Crippen LogP contribution in [-0.4, -0.2) is 34.5 Å². The van der Waals surface area contributed by atoms with Crippen molar-refractivity contribution in [2.45, 2.75) is 26.3 Å². The van der Waals surface area contributed by atoms with E-state index in [-0.39, 0.29) is 5.91 Å². The predicted molar refractivity (Wildman–Crippen MR) is 80.4 cm³/mol. The molecule has 0 aliphatic carbocycles. The van der Waals surface area contributed by atoms with E-state index in [9.17, 15) is 4.79 Å². The van der Waals surface area contributed by atoms with Crippen molar-refractivity contribution in [1.29, 1.82) is 0 Å². The number of nitrogens with zero attached hydrogens (tertiary/aromatic N) is 3. The van der Waals surface area contributed by atoms with Gasteiger partial charge in [0.2, 0.25) is 0 Å². The fourth-order valence-electron chi connectivity index (χ4n) is 2.12. The van der Waals surface area contributed by atoms with Gasteiger partial charge >= 0.3 is 0 Å². The molecule has 0 radical (unpaired) electrons. The van der Waals surface area contributed by atoms with E-state index >= 15 is 0 Å². The molecule has 2 heterocycles. The van der Waals surface area contributed by atoms with Crippen molar-refractivity contribution in [2.75, 3.05) is 14.1 Å². The lowest BCUT2D eigenvalue weighted by molar-refractivity contribution is 0.0816. The molecule has 0 saturated heterocycles. The lowest BCUT2D eigenvalue weighted by atomic mass is 10.3. The summed E-state index contributed by atoms with van der Waals surface area (Å²) in [6, 6.07) is 1.94. The number of hydrogen-bond donors (Lipinski definition) is 0. The van der Waals surface area contributed by atoms with Gasteiger partial charge in [0, 0.05) is 32.2 Å². The molecule has 0 atom stereocenters. The van der Waals surface area contributed by atoms with Crippen LogP contribution in [0.4, 0.5) is 0 Å². The Labute approximate surface area is 121 Å². The van der Waals surface area contributed by atoms with Crippen LogP contribution in [0.1, 0.15) is 30.3 Å². The van der Waals surface area contributed by atoms with Gasteiger partial charge in [-0.2, -0.15) is 0 Å². The van der Waals surface area contributed by atoms with Crippen LogP contribution in [0.15, 0.2) is 22.9 Å². The monoisotopic (exact) mass is 323 g/mol. The summed E-state index contributed by atoms with van der Waals surface area (Å²) in [5.41, 5.74) is 1.72. The first-order valence-corrected chi connectivity index (χ1v) is 7.20. The Balaban J connectivity index is 2.65. The Morgan fingerprint density at radius 2 is 2.21 bits per heavy atom. The highest BCUT2D eigenvalue weighted by Gasteiger charge is 2.22. The zero-order valence-corrected chi connectivity index (χ0v) is 13.1. The SMILES string of the molecule is CCCCn1c(C(=O)N(C)C)c(Br)c2ccncc21. The molecular formula is C14H18BrN3O. The van der Waals surface area contributed by atoms with Crippen LogP contribution >= 0.6 is 15.9 Å². The molecule has 5 heteroatoms. The largest absolute Gasteiger partial charge is 0.343 e. The Hall–Kier alpha value is -1.36. The first kappa shape index (κ1) is 14.1. The predicted octanol–water partition coefficient (Wildman–Crippen LogP) is 3.30. The number of carbonyl (C=O) groups is 1. The van der Waals surface area contributed by atoms with Crippen molar-refractivity contribution in [2.24, 2.45) is 0 Å². The molecule has 1 amide bonds. The third kappa shape index (κ3) is 2.52. The van der Waals surface area contributed by atoms with Crippen LogP contribution in [0.2, 0.25) is 0 Å². The number of unbranched alkanes of at least 4 members (excludes halogenated alkanes) is 1. The number of fused-ring (bicyclic) bond motifs is 1. The van der Waals surface area contributed by atoms with Crippen LogP contribution in [-0.2, 0) is 6.54 Å². The molecule has 0 fully saturated rings. The van der Waals surface area contributed by atoms with Crippen molar-refractivity contribution in [3.05, 3.63) is 28.6 Å². The van der Waals surface area contributed by atoms with E-state index in [1.165, 1.54) is 0 Å². The second-order valence-corrected chi connectivity index (χ2v) is 5.55. The number of hydrogen-bond acceptors (Lipinski definition) is 2. The van der Waals surface area contributed by atoms with Gasteiger partial charge in [-0.05, 0) is 28.4 Å². The smallest absolute Gasteiger partial charge is 0.271 e. The number of halogens is 1. The first-order chi connectivity index (χ1) is 9.07. The third-order valence-corrected chi connectivity index (χ3v) is 3.95. The lowest BCUT2D eigenvalue weighted by Gasteiger charge is -2.14. The number of pyridine rings is 1. The number of rotatable bonds is 4. The van der Waals surface area contributed by atoms with Gasteiger partial charge in [0.05, 0.1) is 16.2 Å². The summed E-state index contributed by atoms with van der Waals surface area (Å²) in [6.07, 6.45) is 5.70. The highest BCUT2D eigenvalue weighted by atomic mass is 79.9. The van der Waals surface area contributed by atoms with Crippen LogP contribution < -0.4 is 0 Å². The maximum atomic E-state index is 12.4. The van der Waals surface area contributed by atoms with Crippen molar-refractivity contribution < 1.29 is 4.79 Å². The molecule has 102 valence electrons. The lowest BCUT2D eigenvalue weighted by Crippen LogP contribution is -2.25. The molecule has 0 saturated carbocycles. The molecule has 4 nitrogen and oxygen atoms in total. The fourth-order valence-corrected chi connectivity index (χ4v) is 2.84. The van der Waals surface area contributed by atoms with Gasteiger partial charge in [-0.1, -0.05) is 13.3 Å². The zero-order chi connectivity index (χ0) is 14.0. The number of amides is 1. The molecule has 2 rings (SSSR count). The van der Waals surface area contributed by atoms with Gasteiger partial charge in [0.15, 0.2) is 0 Å². The summed E-state index contributed by atoms with van der Waals surface area (Å²) in [7, 11) is 3.55. The zero-order valence-electron chi connectivity index (χ0n) is 11.5. The molecular weight excluding hydrogens is 306 g/mol. The average Bonchev–Trinajstić information content (AvgIpc) is 2.69. The number of aromatic nitrogens is 2. The maximum absolute atomic E-state index is 12.4. The summed E-state index contributed by atoms with van der Waals surface area (Å²) >= 11 is 3.57. The van der Waals surface area contributed by atoms with Crippen LogP contribution in [0.3, 0.4) is 0 Å². The van der Waals surface area contributed by atoms with Gasteiger partial charge in [-0.3, -0.25) is 9.78 Å². The quantitative estimate of drug-likeness (QED) is 0.865. The highest BCUT2D eigenvalue weighted by Crippen LogP contribution is 2.31. The van der Waals surface area contributed by atoms with Gasteiger partial charge in [0.25, 0.3) is 5.91 Å². The highest BCUT2D eigenvalue weighted by molar-refractivity contribution is 9.10. The van der Waals surface area contributed by atoms with E-state index in [0.29, 0.717) is 5.69 Å². The fraction of sp³-hybridized carbons (Fsp3) is 0.429. The number of aryl methyl sites for hydroxylation is 1. The molecule has 2 aromatic heterocycles. The minimum Gasteiger partial charge on any atom is -0.343 e. The topological polar surface area (TPSA) is 38.1 Å². The Morgan fingerprint density at radius 1 is 1.47 bits per heavy atom. The van der Waals surface area contributed by atoms with Crippen molar-refractivity contribution in [3.63, 3.8) is 0 Å². The number of carbonyl (C=O) groups excluding carboxylic acids is 1. The molecule has 0 unspecified atom stereocenters. The third-order valence-electron chi connectivity index (χ3n) is 3.15. The van der Waals surface area contributed by atoms with E-state index in [4.69, 9.17) is 0 Å². The summed E-state index contributed by atoms with van der Waals surface area (Å²) in [4.78, 5) is 18.2. The second kappa shape index (κ2) is 5.74. The van der Waals surface area contributed by atoms with Crippen LogP contribution in [0.5, 0.6) is 0 Å². The minimum atomic E-state index is 0.0131. The molecule has 19 heavy (non-hydrogen) atoms. The van der Waals surface area contributed by atoms with E-state index in [1.807, 2.05) is 12.3 Å². The molecule has 0 aliphatic rings. The van der Waals surface area contributed by atoms with Crippen molar-refractivity contribution in [3.8, 4) is 0 Å². The van der Waals surface area contributed by atoms with Crippen molar-refractivity contribution in [1.82, 2.24) is 14.5 Å². The summed E-state index contributed by atoms with van der Waals surface area (Å²) in [5, 5.41) is 1.04. The summed E-state index contributed by atoms with van der Waals surface area (Å²) < 4.78 is 2.93. The molecule has 0 bridgehead atoms. The van der Waals surface area contributed by atoms with E-state index in [0.717, 1.165) is 34.8 Å². The summed E-state index contributed by atoms with van der Waals surface area (Å²) in [5.74, 6) is 0.0131. The van der Waals surface area contributed by atoms with Gasteiger partial charge < -0.3 is 9.47 Å². The van der Waals surface area contributed by atoms with Crippen LogP contribution in [0, 0.1) is 0 Å². The Bertz CT molecular complexity index is 604. The van der Waals surface area contributed by atoms with E-state index in [1.54, 1.807) is 25.2 Å². The molecule has 0 spiro atoms. The maximum Gasteiger partial charge on any atom is 0.271 e. The van der Waals surface area contributed by atoms with Gasteiger partial charge in [-0.25, -0.2) is 0 Å². The second-order valence-electron chi connectivity index (χ2n) is 4.76. The standard InChI is InChI=1S/C14H18BrN3O/c1-4-5-8-18-11-9-16-7-6-10(11)12(15)13(18)14(19)17(2)3/h6-7,9H,4-5,8H2,1-3H3. The molecule has 2 aromatic rings. The normalized spacial score (nSPS) is 10.9. The Kier molecular flexibility index (Phi) is 4.24. The van der Waals surface area contributed by atoms with Crippen molar-refractivity contribution >= 4 is 32.7 Å². The first-order valence-electron chi connectivity index (χ1n) is 6.41. The summed E-state index contributed by atoms with van der Waals surface area (Å²) in [6.45, 7) is 2.98. The van der Waals surface area contributed by atoms with Gasteiger partial charge in [-0.15, -0.1) is 0 Å². The molecule has 0 aromatic carbocycles. The molecule has 0 aliphatic heterocycles. The minimum absolute atomic E-state index is 0.0131. The average molecular weight is 324 g/mol. The van der Waals surface area contributed by atoms with E-state index < -0.39 is 0 Å². The van der Waals surface area contributed by atoms with Gasteiger partial charge in [0.1, 0.15) is 5.69 Å².